The van der Waals surface area contributed by atoms with Gasteiger partial charge in [0.15, 0.2) is 0 Å². The molecule has 0 spiro atoms. The molecule has 1 unspecified atom stereocenters. The maximum atomic E-state index is 4.38. The minimum Gasteiger partial charge on any atom is -0.331 e. The van der Waals surface area contributed by atoms with Gasteiger partial charge in [0.25, 0.3) is 0 Å². The van der Waals surface area contributed by atoms with Crippen molar-refractivity contribution in [2.75, 3.05) is 13.1 Å². The Morgan fingerprint density at radius 1 is 1.50 bits per heavy atom. The molecule has 0 radical (unpaired) electrons. The Hall–Kier alpha value is -0.830. The molecule has 3 nitrogen and oxygen atoms in total. The molecule has 1 N–H and O–H groups in total. The van der Waals surface area contributed by atoms with Crippen LogP contribution in [0.15, 0.2) is 12.5 Å². The van der Waals surface area contributed by atoms with Gasteiger partial charge >= 0.3 is 0 Å². The van der Waals surface area contributed by atoms with Crippen molar-refractivity contribution in [3.63, 3.8) is 0 Å². The Labute approximate surface area is 97.3 Å². The van der Waals surface area contributed by atoms with Crippen molar-refractivity contribution in [1.82, 2.24) is 14.9 Å². The van der Waals surface area contributed by atoms with Gasteiger partial charge in [0.1, 0.15) is 0 Å². The Balaban J connectivity index is 1.87. The van der Waals surface area contributed by atoms with Gasteiger partial charge in [0, 0.05) is 29.9 Å². The van der Waals surface area contributed by atoms with Gasteiger partial charge in [-0.1, -0.05) is 13.8 Å². The first-order chi connectivity index (χ1) is 7.69. The SMILES string of the molecule is CC1CC(n2cncc2C2(C)CCNC2)C1. The number of aromatic nitrogens is 2. The fourth-order valence-electron chi connectivity index (χ4n) is 3.19. The zero-order chi connectivity index (χ0) is 11.2. The molecule has 1 aliphatic heterocycles. The Kier molecular flexibility index (Phi) is 2.32. The van der Waals surface area contributed by atoms with Crippen molar-refractivity contribution in [1.29, 1.82) is 0 Å². The van der Waals surface area contributed by atoms with Gasteiger partial charge in [-0.15, -0.1) is 0 Å². The minimum atomic E-state index is 0.301. The molecule has 1 saturated heterocycles. The summed E-state index contributed by atoms with van der Waals surface area (Å²) in [6, 6.07) is 0.713. The van der Waals surface area contributed by atoms with E-state index in [1.807, 2.05) is 6.33 Å². The summed E-state index contributed by atoms with van der Waals surface area (Å²) in [6.45, 7) is 6.94. The van der Waals surface area contributed by atoms with Crippen LogP contribution in [0.4, 0.5) is 0 Å². The standard InChI is InChI=1S/C13H21N3/c1-10-5-11(6-10)16-9-15-7-12(16)13(2)3-4-14-8-13/h7,9-11,14H,3-6,8H2,1-2H3. The quantitative estimate of drug-likeness (QED) is 0.825. The van der Waals surface area contributed by atoms with E-state index in [1.54, 1.807) is 0 Å². The second-order valence-corrected chi connectivity index (χ2v) is 5.90. The summed E-state index contributed by atoms with van der Waals surface area (Å²) >= 11 is 0. The summed E-state index contributed by atoms with van der Waals surface area (Å²) in [5.41, 5.74) is 1.74. The number of nitrogens with zero attached hydrogens (tertiary/aromatic N) is 2. The molecule has 1 aromatic rings. The van der Waals surface area contributed by atoms with Crippen LogP contribution in [0.5, 0.6) is 0 Å². The van der Waals surface area contributed by atoms with Crippen molar-refractivity contribution in [2.45, 2.75) is 44.6 Å². The fourth-order valence-corrected chi connectivity index (χ4v) is 3.19. The molecule has 0 amide bonds. The molecule has 2 fully saturated rings. The summed E-state index contributed by atoms with van der Waals surface area (Å²) in [6.07, 6.45) is 8.01. The molecule has 1 atom stereocenters. The number of nitrogens with one attached hydrogen (secondary N) is 1. The highest BCUT2D eigenvalue weighted by molar-refractivity contribution is 5.18. The summed E-state index contributed by atoms with van der Waals surface area (Å²) < 4.78 is 2.44. The smallest absolute Gasteiger partial charge is 0.0950 e. The van der Waals surface area contributed by atoms with Gasteiger partial charge in [0.2, 0.25) is 0 Å². The Morgan fingerprint density at radius 2 is 2.31 bits per heavy atom. The normalized spacial score (nSPS) is 38.6. The van der Waals surface area contributed by atoms with Gasteiger partial charge in [-0.25, -0.2) is 4.98 Å². The summed E-state index contributed by atoms with van der Waals surface area (Å²) in [5, 5.41) is 3.47. The van der Waals surface area contributed by atoms with Crippen molar-refractivity contribution in [2.24, 2.45) is 5.92 Å². The number of hydrogen-bond donors (Lipinski definition) is 1. The van der Waals surface area contributed by atoms with Gasteiger partial charge in [-0.05, 0) is 31.7 Å². The lowest BCUT2D eigenvalue weighted by Crippen LogP contribution is -2.32. The largest absolute Gasteiger partial charge is 0.331 e. The van der Waals surface area contributed by atoms with Crippen molar-refractivity contribution >= 4 is 0 Å². The average molecular weight is 219 g/mol. The van der Waals surface area contributed by atoms with Gasteiger partial charge in [-0.2, -0.15) is 0 Å². The van der Waals surface area contributed by atoms with E-state index in [0.29, 0.717) is 11.5 Å². The lowest BCUT2D eigenvalue weighted by molar-refractivity contribution is 0.206. The van der Waals surface area contributed by atoms with Gasteiger partial charge in [0.05, 0.1) is 6.33 Å². The van der Waals surface area contributed by atoms with Crippen LogP contribution in [-0.2, 0) is 5.41 Å². The van der Waals surface area contributed by atoms with E-state index in [0.717, 1.165) is 19.0 Å². The van der Waals surface area contributed by atoms with Crippen LogP contribution in [0.25, 0.3) is 0 Å². The molecule has 1 aliphatic carbocycles. The monoisotopic (exact) mass is 219 g/mol. The number of rotatable bonds is 2. The molecule has 2 aliphatic rings. The topological polar surface area (TPSA) is 29.9 Å². The zero-order valence-corrected chi connectivity index (χ0v) is 10.2. The first-order valence-electron chi connectivity index (χ1n) is 6.42. The molecule has 2 heterocycles. The highest BCUT2D eigenvalue weighted by Gasteiger charge is 2.36. The second-order valence-electron chi connectivity index (χ2n) is 5.90. The Morgan fingerprint density at radius 3 is 2.94 bits per heavy atom. The van der Waals surface area contributed by atoms with Crippen LogP contribution in [0.2, 0.25) is 0 Å². The van der Waals surface area contributed by atoms with E-state index < -0.39 is 0 Å². The van der Waals surface area contributed by atoms with Crippen LogP contribution in [-0.4, -0.2) is 22.6 Å². The van der Waals surface area contributed by atoms with E-state index in [4.69, 9.17) is 0 Å². The molecule has 88 valence electrons. The molecule has 3 rings (SSSR count). The van der Waals surface area contributed by atoms with Crippen molar-refractivity contribution in [3.05, 3.63) is 18.2 Å². The third-order valence-corrected chi connectivity index (χ3v) is 4.40. The molecule has 1 saturated carbocycles. The first kappa shape index (κ1) is 10.3. The highest BCUT2D eigenvalue weighted by atomic mass is 15.1. The number of imidazole rings is 1. The van der Waals surface area contributed by atoms with E-state index in [2.05, 4.69) is 34.9 Å². The summed E-state index contributed by atoms with van der Waals surface area (Å²) in [5.74, 6) is 0.898. The minimum absolute atomic E-state index is 0.301. The van der Waals surface area contributed by atoms with E-state index >= 15 is 0 Å². The van der Waals surface area contributed by atoms with Crippen LogP contribution in [0, 0.1) is 5.92 Å². The highest BCUT2D eigenvalue weighted by Crippen LogP contribution is 2.40. The zero-order valence-electron chi connectivity index (χ0n) is 10.2. The first-order valence-corrected chi connectivity index (χ1v) is 6.42. The van der Waals surface area contributed by atoms with Crippen molar-refractivity contribution in [3.8, 4) is 0 Å². The fraction of sp³-hybridized carbons (Fsp3) is 0.769. The molecule has 0 bridgehead atoms. The second kappa shape index (κ2) is 3.59. The molecule has 1 aromatic heterocycles. The third kappa shape index (κ3) is 1.49. The van der Waals surface area contributed by atoms with Crippen LogP contribution >= 0.6 is 0 Å². The van der Waals surface area contributed by atoms with Crippen molar-refractivity contribution < 1.29 is 0 Å². The maximum absolute atomic E-state index is 4.38. The predicted octanol–water partition coefficient (Wildman–Crippen LogP) is 2.11. The van der Waals surface area contributed by atoms with Crippen LogP contribution in [0.3, 0.4) is 0 Å². The molecule has 16 heavy (non-hydrogen) atoms. The molecule has 3 heteroatoms. The van der Waals surface area contributed by atoms with E-state index in [1.165, 1.54) is 25.0 Å². The Bertz CT molecular complexity index is 370. The van der Waals surface area contributed by atoms with Crippen LogP contribution < -0.4 is 5.32 Å². The van der Waals surface area contributed by atoms with Crippen LogP contribution in [0.1, 0.15) is 44.8 Å². The molecule has 0 aromatic carbocycles. The van der Waals surface area contributed by atoms with E-state index in [-0.39, 0.29) is 0 Å². The summed E-state index contributed by atoms with van der Waals surface area (Å²) in [7, 11) is 0. The lowest BCUT2D eigenvalue weighted by atomic mass is 9.80. The molecular weight excluding hydrogens is 198 g/mol. The maximum Gasteiger partial charge on any atom is 0.0950 e. The average Bonchev–Trinajstić information content (AvgIpc) is 2.81. The molecular formula is C13H21N3. The van der Waals surface area contributed by atoms with E-state index in [9.17, 15) is 0 Å². The summed E-state index contributed by atoms with van der Waals surface area (Å²) in [4.78, 5) is 4.38. The lowest BCUT2D eigenvalue weighted by Gasteiger charge is -2.37. The predicted molar refractivity (Wildman–Crippen MR) is 64.5 cm³/mol. The van der Waals surface area contributed by atoms with Gasteiger partial charge < -0.3 is 9.88 Å². The van der Waals surface area contributed by atoms with Gasteiger partial charge in [-0.3, -0.25) is 0 Å². The number of hydrogen-bond acceptors (Lipinski definition) is 2. The third-order valence-electron chi connectivity index (χ3n) is 4.40.